The van der Waals surface area contributed by atoms with Crippen molar-refractivity contribution in [2.24, 2.45) is 0 Å². The van der Waals surface area contributed by atoms with Crippen molar-refractivity contribution in [3.05, 3.63) is 65.2 Å². The minimum Gasteiger partial charge on any atom is -0.381 e. The second-order valence-corrected chi connectivity index (χ2v) is 4.15. The normalized spacial score (nSPS) is 10.4. The summed E-state index contributed by atoms with van der Waals surface area (Å²) in [5, 5.41) is 3.17. The van der Waals surface area contributed by atoms with Crippen molar-refractivity contribution in [3.8, 4) is 0 Å². The fraction of sp³-hybridized carbons (Fsp3) is 0.200. The molecule has 0 bridgehead atoms. The highest BCUT2D eigenvalue weighted by Gasteiger charge is 2.02. The van der Waals surface area contributed by atoms with Crippen LogP contribution < -0.4 is 5.32 Å². The van der Waals surface area contributed by atoms with E-state index in [2.05, 4.69) is 12.2 Å². The monoisotopic (exact) mass is 247 g/mol. The van der Waals surface area contributed by atoms with Crippen LogP contribution >= 0.6 is 0 Å². The van der Waals surface area contributed by atoms with Gasteiger partial charge < -0.3 is 5.32 Å². The van der Waals surface area contributed by atoms with Crippen LogP contribution in [-0.2, 0) is 13.0 Å². The molecule has 1 N–H and O–H groups in total. The first-order chi connectivity index (χ1) is 8.69. The number of rotatable bonds is 4. The Kier molecular flexibility index (Phi) is 3.92. The zero-order valence-electron chi connectivity index (χ0n) is 10.2. The first kappa shape index (κ1) is 12.6. The molecule has 2 aromatic carbocycles. The minimum absolute atomic E-state index is 0.475. The van der Waals surface area contributed by atoms with Crippen LogP contribution in [0.25, 0.3) is 0 Å². The molecule has 0 saturated heterocycles. The van der Waals surface area contributed by atoms with Crippen LogP contribution in [0.3, 0.4) is 0 Å². The average molecular weight is 247 g/mol. The smallest absolute Gasteiger partial charge is 0.159 e. The fourth-order valence-electron chi connectivity index (χ4n) is 1.71. The lowest BCUT2D eigenvalue weighted by atomic mass is 10.1. The van der Waals surface area contributed by atoms with Gasteiger partial charge in [-0.15, -0.1) is 0 Å². The molecule has 0 aromatic heterocycles. The van der Waals surface area contributed by atoms with E-state index >= 15 is 0 Å². The molecule has 0 aliphatic carbocycles. The van der Waals surface area contributed by atoms with Crippen LogP contribution in [0.2, 0.25) is 0 Å². The highest BCUT2D eigenvalue weighted by Crippen LogP contribution is 2.13. The SMILES string of the molecule is CCc1ccc(NCc2ccc(F)c(F)c2)cc1. The van der Waals surface area contributed by atoms with Crippen molar-refractivity contribution in [2.75, 3.05) is 5.32 Å². The van der Waals surface area contributed by atoms with E-state index in [4.69, 9.17) is 0 Å². The lowest BCUT2D eigenvalue weighted by Gasteiger charge is -2.07. The molecule has 0 atom stereocenters. The van der Waals surface area contributed by atoms with Crippen molar-refractivity contribution in [1.29, 1.82) is 0 Å². The van der Waals surface area contributed by atoms with Gasteiger partial charge in [0.15, 0.2) is 11.6 Å². The standard InChI is InChI=1S/C15H15F2N/c1-2-11-3-6-13(7-4-11)18-10-12-5-8-14(16)15(17)9-12/h3-9,18H,2,10H2,1H3. The largest absolute Gasteiger partial charge is 0.381 e. The van der Waals surface area contributed by atoms with Crippen LogP contribution in [0, 0.1) is 11.6 Å². The second kappa shape index (κ2) is 5.63. The number of halogens is 2. The van der Waals surface area contributed by atoms with Crippen molar-refractivity contribution >= 4 is 5.69 Å². The highest BCUT2D eigenvalue weighted by atomic mass is 19.2. The summed E-state index contributed by atoms with van der Waals surface area (Å²) in [6.07, 6.45) is 1.00. The van der Waals surface area contributed by atoms with E-state index < -0.39 is 11.6 Å². The molecule has 2 aromatic rings. The molecule has 2 rings (SSSR count). The predicted molar refractivity (Wildman–Crippen MR) is 69.5 cm³/mol. The first-order valence-corrected chi connectivity index (χ1v) is 5.96. The molecule has 94 valence electrons. The molecule has 1 nitrogen and oxygen atoms in total. The summed E-state index contributed by atoms with van der Waals surface area (Å²) in [7, 11) is 0. The van der Waals surface area contributed by atoms with Gasteiger partial charge in [-0.05, 0) is 41.8 Å². The first-order valence-electron chi connectivity index (χ1n) is 5.96. The Balaban J connectivity index is 1.99. The van der Waals surface area contributed by atoms with Gasteiger partial charge in [0.2, 0.25) is 0 Å². The van der Waals surface area contributed by atoms with Crippen LogP contribution in [-0.4, -0.2) is 0 Å². The van der Waals surface area contributed by atoms with Gasteiger partial charge in [0.05, 0.1) is 0 Å². The Morgan fingerprint density at radius 2 is 1.56 bits per heavy atom. The van der Waals surface area contributed by atoms with E-state index in [1.807, 2.05) is 24.3 Å². The third-order valence-electron chi connectivity index (χ3n) is 2.84. The molecule has 0 spiro atoms. The molecule has 0 heterocycles. The van der Waals surface area contributed by atoms with Crippen molar-refractivity contribution < 1.29 is 8.78 Å². The van der Waals surface area contributed by atoms with Gasteiger partial charge >= 0.3 is 0 Å². The Morgan fingerprint density at radius 3 is 2.17 bits per heavy atom. The number of hydrogen-bond donors (Lipinski definition) is 1. The molecular weight excluding hydrogens is 232 g/mol. The quantitative estimate of drug-likeness (QED) is 0.856. The van der Waals surface area contributed by atoms with Crippen LogP contribution in [0.15, 0.2) is 42.5 Å². The van der Waals surface area contributed by atoms with Crippen LogP contribution in [0.5, 0.6) is 0 Å². The van der Waals surface area contributed by atoms with E-state index in [0.29, 0.717) is 12.1 Å². The van der Waals surface area contributed by atoms with E-state index in [-0.39, 0.29) is 0 Å². The number of hydrogen-bond acceptors (Lipinski definition) is 1. The zero-order chi connectivity index (χ0) is 13.0. The van der Waals surface area contributed by atoms with Gasteiger partial charge in [-0.25, -0.2) is 8.78 Å². The van der Waals surface area contributed by atoms with Gasteiger partial charge in [-0.1, -0.05) is 25.1 Å². The molecule has 0 unspecified atom stereocenters. The summed E-state index contributed by atoms with van der Waals surface area (Å²) in [4.78, 5) is 0. The topological polar surface area (TPSA) is 12.0 Å². The van der Waals surface area contributed by atoms with Crippen molar-refractivity contribution in [1.82, 2.24) is 0 Å². The lowest BCUT2D eigenvalue weighted by molar-refractivity contribution is 0.507. The van der Waals surface area contributed by atoms with E-state index in [1.165, 1.54) is 11.6 Å². The summed E-state index contributed by atoms with van der Waals surface area (Å²) < 4.78 is 25.8. The predicted octanol–water partition coefficient (Wildman–Crippen LogP) is 4.14. The number of aryl methyl sites for hydroxylation is 1. The number of nitrogens with one attached hydrogen (secondary N) is 1. The second-order valence-electron chi connectivity index (χ2n) is 4.15. The van der Waals surface area contributed by atoms with E-state index in [0.717, 1.165) is 18.2 Å². The molecule has 0 radical (unpaired) electrons. The summed E-state index contributed by atoms with van der Waals surface area (Å²) in [5.41, 5.74) is 2.96. The third-order valence-corrected chi connectivity index (χ3v) is 2.84. The maximum Gasteiger partial charge on any atom is 0.159 e. The van der Waals surface area contributed by atoms with Gasteiger partial charge in [-0.2, -0.15) is 0 Å². The average Bonchev–Trinajstić information content (AvgIpc) is 2.41. The fourth-order valence-corrected chi connectivity index (χ4v) is 1.71. The van der Waals surface area contributed by atoms with Crippen molar-refractivity contribution in [3.63, 3.8) is 0 Å². The molecular formula is C15H15F2N. The summed E-state index contributed by atoms with van der Waals surface area (Å²) in [6.45, 7) is 2.58. The Bertz CT molecular complexity index is 521. The minimum atomic E-state index is -0.814. The van der Waals surface area contributed by atoms with Crippen molar-refractivity contribution in [2.45, 2.75) is 19.9 Å². The molecule has 0 aliphatic heterocycles. The summed E-state index contributed by atoms with van der Waals surface area (Å²) >= 11 is 0. The number of anilines is 1. The van der Waals surface area contributed by atoms with Gasteiger partial charge in [0.1, 0.15) is 0 Å². The third kappa shape index (κ3) is 3.06. The van der Waals surface area contributed by atoms with E-state index in [9.17, 15) is 8.78 Å². The Labute approximate surface area is 105 Å². The molecule has 18 heavy (non-hydrogen) atoms. The van der Waals surface area contributed by atoms with E-state index in [1.54, 1.807) is 6.07 Å². The van der Waals surface area contributed by atoms with Crippen LogP contribution in [0.4, 0.5) is 14.5 Å². The van der Waals surface area contributed by atoms with Crippen LogP contribution in [0.1, 0.15) is 18.1 Å². The molecule has 0 aliphatic rings. The van der Waals surface area contributed by atoms with Gasteiger partial charge in [0, 0.05) is 12.2 Å². The zero-order valence-corrected chi connectivity index (χ0v) is 10.2. The Morgan fingerprint density at radius 1 is 0.889 bits per heavy atom. The molecule has 0 saturated carbocycles. The van der Waals surface area contributed by atoms with Gasteiger partial charge in [-0.3, -0.25) is 0 Å². The Hall–Kier alpha value is -1.90. The summed E-state index contributed by atoms with van der Waals surface area (Å²) in [5.74, 6) is -1.62. The molecule has 0 fully saturated rings. The van der Waals surface area contributed by atoms with Gasteiger partial charge in [0.25, 0.3) is 0 Å². The molecule has 3 heteroatoms. The molecule has 0 amide bonds. The number of benzene rings is 2. The maximum absolute atomic E-state index is 13.0. The lowest BCUT2D eigenvalue weighted by Crippen LogP contribution is -2.00. The maximum atomic E-state index is 13.0. The highest BCUT2D eigenvalue weighted by molar-refractivity contribution is 5.45. The summed E-state index contributed by atoms with van der Waals surface area (Å²) in [6, 6.07) is 12.0.